The molecule has 2 aromatic rings. The van der Waals surface area contributed by atoms with Crippen LogP contribution in [0.15, 0.2) is 42.5 Å². The zero-order valence-electron chi connectivity index (χ0n) is 16.4. The predicted octanol–water partition coefficient (Wildman–Crippen LogP) is 2.16. The van der Waals surface area contributed by atoms with Gasteiger partial charge in [-0.15, -0.1) is 0 Å². The number of methoxy groups -OCH3 is 2. The first kappa shape index (κ1) is 22.3. The number of carbonyl (C=O) groups is 3. The Morgan fingerprint density at radius 3 is 2.33 bits per heavy atom. The van der Waals surface area contributed by atoms with Gasteiger partial charge in [-0.05, 0) is 24.3 Å². The molecule has 2 rings (SSSR count). The van der Waals surface area contributed by atoms with Crippen LogP contribution in [0.1, 0.15) is 27.1 Å². The zero-order valence-corrected chi connectivity index (χ0v) is 16.4. The van der Waals surface area contributed by atoms with Crippen molar-refractivity contribution >= 4 is 23.3 Å². The van der Waals surface area contributed by atoms with Crippen LogP contribution in [0, 0.1) is 10.1 Å². The molecule has 1 N–H and O–H groups in total. The van der Waals surface area contributed by atoms with E-state index in [0.717, 1.165) is 0 Å². The minimum Gasteiger partial charge on any atom is -0.497 e. The largest absolute Gasteiger partial charge is 0.497 e. The molecule has 1 amide bonds. The number of carbonyl (C=O) groups excluding carboxylic acids is 3. The molecular weight excluding hydrogens is 396 g/mol. The summed E-state index contributed by atoms with van der Waals surface area (Å²) in [6.45, 7) is -0.494. The van der Waals surface area contributed by atoms with Gasteiger partial charge in [-0.25, -0.2) is 0 Å². The van der Waals surface area contributed by atoms with Gasteiger partial charge in [-0.3, -0.25) is 24.5 Å². The molecule has 0 saturated carbocycles. The summed E-state index contributed by atoms with van der Waals surface area (Å²) in [6, 6.07) is 9.69. The van der Waals surface area contributed by atoms with Crippen LogP contribution in [0.3, 0.4) is 0 Å². The zero-order chi connectivity index (χ0) is 22.1. The first-order valence-electron chi connectivity index (χ1n) is 8.79. The maximum absolute atomic E-state index is 12.3. The van der Waals surface area contributed by atoms with Crippen molar-refractivity contribution in [2.45, 2.75) is 6.42 Å². The number of esters is 1. The Morgan fingerprint density at radius 1 is 1.03 bits per heavy atom. The van der Waals surface area contributed by atoms with Gasteiger partial charge in [0.15, 0.2) is 6.61 Å². The Bertz CT molecular complexity index is 940. The number of hydrogen-bond acceptors (Lipinski definition) is 8. The number of nitrogens with zero attached hydrogens (tertiary/aromatic N) is 1. The second-order valence-electron chi connectivity index (χ2n) is 5.96. The number of nitro benzene ring substituents is 1. The van der Waals surface area contributed by atoms with E-state index in [1.807, 2.05) is 0 Å². The Morgan fingerprint density at radius 2 is 1.73 bits per heavy atom. The third-order valence-corrected chi connectivity index (χ3v) is 4.03. The maximum Gasteiger partial charge on any atom is 0.308 e. The van der Waals surface area contributed by atoms with Gasteiger partial charge in [0.05, 0.1) is 31.1 Å². The van der Waals surface area contributed by atoms with Crippen LogP contribution >= 0.6 is 0 Å². The topological polar surface area (TPSA) is 134 Å². The molecule has 0 spiro atoms. The van der Waals surface area contributed by atoms with E-state index < -0.39 is 29.2 Å². The van der Waals surface area contributed by atoms with Crippen molar-refractivity contribution < 1.29 is 33.5 Å². The summed E-state index contributed by atoms with van der Waals surface area (Å²) in [5.74, 6) is -0.788. The van der Waals surface area contributed by atoms with Crippen LogP contribution in [0.5, 0.6) is 11.5 Å². The number of nitro groups is 1. The molecule has 10 nitrogen and oxygen atoms in total. The van der Waals surface area contributed by atoms with E-state index in [0.29, 0.717) is 11.5 Å². The lowest BCUT2D eigenvalue weighted by atomic mass is 10.1. The molecule has 0 unspecified atom stereocenters. The average Bonchev–Trinajstić information content (AvgIpc) is 2.76. The fraction of sp³-hybridized carbons (Fsp3) is 0.250. The first-order chi connectivity index (χ1) is 14.3. The Hall–Kier alpha value is -3.95. The highest BCUT2D eigenvalue weighted by molar-refractivity contribution is 6.00. The van der Waals surface area contributed by atoms with Gasteiger partial charge in [0.1, 0.15) is 11.5 Å². The Kier molecular flexibility index (Phi) is 7.86. The van der Waals surface area contributed by atoms with Crippen molar-refractivity contribution in [1.29, 1.82) is 0 Å². The summed E-state index contributed by atoms with van der Waals surface area (Å²) in [7, 11) is 2.89. The van der Waals surface area contributed by atoms with E-state index in [1.54, 1.807) is 12.1 Å². The molecule has 0 aromatic heterocycles. The molecule has 0 atom stereocenters. The van der Waals surface area contributed by atoms with Crippen molar-refractivity contribution in [2.75, 3.05) is 27.4 Å². The molecule has 0 heterocycles. The summed E-state index contributed by atoms with van der Waals surface area (Å²) in [5, 5.41) is 13.1. The quantitative estimate of drug-likeness (QED) is 0.269. The number of ketones is 1. The summed E-state index contributed by atoms with van der Waals surface area (Å²) in [5.41, 5.74) is 0.335. The number of rotatable bonds is 10. The number of nitrogens with one attached hydrogen (secondary N) is 1. The fourth-order valence-electron chi connectivity index (χ4n) is 2.44. The molecule has 10 heteroatoms. The number of ether oxygens (including phenoxy) is 3. The minimum atomic E-state index is -0.667. The van der Waals surface area contributed by atoms with Gasteiger partial charge >= 0.3 is 5.97 Å². The first-order valence-corrected chi connectivity index (χ1v) is 8.79. The SMILES string of the molecule is COc1ccc(C(=O)COC(=O)CCNC(=O)c2ccc([N+](=O)[O-])cc2)c(OC)c1. The van der Waals surface area contributed by atoms with Crippen LogP contribution in [0.4, 0.5) is 5.69 Å². The summed E-state index contributed by atoms with van der Waals surface area (Å²) in [4.78, 5) is 46.1. The Balaban J connectivity index is 1.79. The third kappa shape index (κ3) is 6.03. The summed E-state index contributed by atoms with van der Waals surface area (Å²) in [6.07, 6.45) is -0.147. The van der Waals surface area contributed by atoms with E-state index in [2.05, 4.69) is 5.32 Å². The molecule has 0 aliphatic heterocycles. The van der Waals surface area contributed by atoms with Crippen molar-refractivity contribution in [3.8, 4) is 11.5 Å². The van der Waals surface area contributed by atoms with Gasteiger partial charge in [0, 0.05) is 30.3 Å². The van der Waals surface area contributed by atoms with Crippen molar-refractivity contribution in [3.05, 3.63) is 63.7 Å². The molecule has 0 aliphatic rings. The number of non-ortho nitro benzene ring substituents is 1. The second-order valence-corrected chi connectivity index (χ2v) is 5.96. The van der Waals surface area contributed by atoms with Crippen molar-refractivity contribution in [1.82, 2.24) is 5.32 Å². The van der Waals surface area contributed by atoms with Gasteiger partial charge in [0.25, 0.3) is 11.6 Å². The van der Waals surface area contributed by atoms with Crippen molar-refractivity contribution in [3.63, 3.8) is 0 Å². The average molecular weight is 416 g/mol. The molecule has 0 saturated heterocycles. The number of amides is 1. The molecule has 2 aromatic carbocycles. The van der Waals surface area contributed by atoms with Crippen LogP contribution in [0.2, 0.25) is 0 Å². The fourth-order valence-corrected chi connectivity index (χ4v) is 2.44. The van der Waals surface area contributed by atoms with Gasteiger partial charge in [-0.2, -0.15) is 0 Å². The Labute approximate surface area is 171 Å². The normalized spacial score (nSPS) is 10.1. The lowest BCUT2D eigenvalue weighted by Gasteiger charge is -2.10. The van der Waals surface area contributed by atoms with E-state index in [-0.39, 0.29) is 29.8 Å². The minimum absolute atomic E-state index is 0.0191. The summed E-state index contributed by atoms with van der Waals surface area (Å²) < 4.78 is 15.1. The molecular formula is C20H20N2O8. The standard InChI is InChI=1S/C20H20N2O8/c1-28-15-7-8-16(18(11-15)29-2)17(23)12-30-19(24)9-10-21-20(25)13-3-5-14(6-4-13)22(26)27/h3-8,11H,9-10,12H2,1-2H3,(H,21,25). The molecule has 0 radical (unpaired) electrons. The van der Waals surface area contributed by atoms with Crippen LogP contribution < -0.4 is 14.8 Å². The van der Waals surface area contributed by atoms with Crippen LogP contribution in [-0.2, 0) is 9.53 Å². The lowest BCUT2D eigenvalue weighted by molar-refractivity contribution is -0.384. The van der Waals surface area contributed by atoms with E-state index >= 15 is 0 Å². The van der Waals surface area contributed by atoms with E-state index in [4.69, 9.17) is 14.2 Å². The molecule has 158 valence electrons. The van der Waals surface area contributed by atoms with Crippen LogP contribution in [-0.4, -0.2) is 50.0 Å². The molecule has 0 bridgehead atoms. The third-order valence-electron chi connectivity index (χ3n) is 4.03. The monoisotopic (exact) mass is 416 g/mol. The molecule has 30 heavy (non-hydrogen) atoms. The smallest absolute Gasteiger partial charge is 0.308 e. The van der Waals surface area contributed by atoms with Gasteiger partial charge in [-0.1, -0.05) is 0 Å². The van der Waals surface area contributed by atoms with Crippen molar-refractivity contribution in [2.24, 2.45) is 0 Å². The van der Waals surface area contributed by atoms with Gasteiger partial charge < -0.3 is 19.5 Å². The highest BCUT2D eigenvalue weighted by Crippen LogP contribution is 2.25. The highest BCUT2D eigenvalue weighted by atomic mass is 16.6. The summed E-state index contributed by atoms with van der Waals surface area (Å²) >= 11 is 0. The highest BCUT2D eigenvalue weighted by Gasteiger charge is 2.16. The van der Waals surface area contributed by atoms with E-state index in [9.17, 15) is 24.5 Å². The molecule has 0 aliphatic carbocycles. The lowest BCUT2D eigenvalue weighted by Crippen LogP contribution is -2.27. The number of benzene rings is 2. The maximum atomic E-state index is 12.3. The molecule has 0 fully saturated rings. The van der Waals surface area contributed by atoms with E-state index in [1.165, 1.54) is 44.6 Å². The second kappa shape index (κ2) is 10.6. The number of hydrogen-bond donors (Lipinski definition) is 1. The number of Topliss-reactive ketones (excluding diaryl/α,β-unsaturated/α-hetero) is 1. The van der Waals surface area contributed by atoms with Crippen LogP contribution in [0.25, 0.3) is 0 Å². The van der Waals surface area contributed by atoms with Gasteiger partial charge in [0.2, 0.25) is 5.78 Å². The predicted molar refractivity (Wildman–Crippen MR) is 105 cm³/mol.